The summed E-state index contributed by atoms with van der Waals surface area (Å²) in [6.07, 6.45) is 2.94. The van der Waals surface area contributed by atoms with E-state index in [0.717, 1.165) is 0 Å². The Morgan fingerprint density at radius 2 is 2.14 bits per heavy atom. The second kappa shape index (κ2) is 3.08. The minimum absolute atomic E-state index is 0.182. The van der Waals surface area contributed by atoms with Crippen LogP contribution < -0.4 is 0 Å². The van der Waals surface area contributed by atoms with Gasteiger partial charge < -0.3 is 0 Å². The molecule has 0 aliphatic rings. The Balaban J connectivity index is 2.95. The molecule has 0 fully saturated rings. The maximum Gasteiger partial charge on any atom is 0.280 e. The molecule has 2 rings (SSSR count). The van der Waals surface area contributed by atoms with Gasteiger partial charge in [-0.05, 0) is 6.07 Å². The zero-order valence-corrected chi connectivity index (χ0v) is 8.88. The van der Waals surface area contributed by atoms with Gasteiger partial charge in [0.25, 0.3) is 9.05 Å². The molecule has 0 bridgehead atoms. The summed E-state index contributed by atoms with van der Waals surface area (Å²) < 4.78 is 23.5. The highest BCUT2D eigenvalue weighted by molar-refractivity contribution is 8.13. The summed E-state index contributed by atoms with van der Waals surface area (Å²) in [6, 6.07) is 1.55. The Labute approximate surface area is 88.7 Å². The van der Waals surface area contributed by atoms with Gasteiger partial charge in [-0.1, -0.05) is 11.6 Å². The Morgan fingerprint density at radius 3 is 2.79 bits per heavy atom. The largest absolute Gasteiger partial charge is 0.280 e. The van der Waals surface area contributed by atoms with Crippen LogP contribution in [0.1, 0.15) is 0 Å². The van der Waals surface area contributed by atoms with Gasteiger partial charge in [-0.25, -0.2) is 13.4 Å². The summed E-state index contributed by atoms with van der Waals surface area (Å²) in [5.74, 6) is 0.191. The number of hydrogen-bond donors (Lipinski definition) is 0. The first-order chi connectivity index (χ1) is 6.50. The topological polar surface area (TPSA) is 64.3 Å². The molecule has 14 heavy (non-hydrogen) atoms. The predicted octanol–water partition coefficient (Wildman–Crippen LogP) is 1.31. The van der Waals surface area contributed by atoms with Crippen LogP contribution in [0.3, 0.4) is 0 Å². The number of aromatic nitrogens is 3. The van der Waals surface area contributed by atoms with Crippen molar-refractivity contribution in [1.29, 1.82) is 0 Å². The highest BCUT2D eigenvalue weighted by Crippen LogP contribution is 2.24. The average molecular weight is 252 g/mol. The van der Waals surface area contributed by atoms with E-state index in [1.165, 1.54) is 16.8 Å². The molecule has 0 unspecified atom stereocenters. The van der Waals surface area contributed by atoms with Crippen LogP contribution in [0.15, 0.2) is 23.5 Å². The molecule has 0 aliphatic carbocycles. The summed E-state index contributed by atoms with van der Waals surface area (Å²) in [5.41, 5.74) is 0. The highest BCUT2D eigenvalue weighted by Gasteiger charge is 2.22. The third-order valence-corrected chi connectivity index (χ3v) is 3.22. The third kappa shape index (κ3) is 1.45. The molecule has 0 spiro atoms. The quantitative estimate of drug-likeness (QED) is 0.718. The Morgan fingerprint density at radius 1 is 1.43 bits per heavy atom. The number of nitrogens with zero attached hydrogens (tertiary/aromatic N) is 3. The van der Waals surface area contributed by atoms with Gasteiger partial charge >= 0.3 is 0 Å². The van der Waals surface area contributed by atoms with Crippen LogP contribution in [0.25, 0.3) is 5.78 Å². The molecule has 0 aromatic carbocycles. The maximum atomic E-state index is 11.1. The summed E-state index contributed by atoms with van der Waals surface area (Å²) in [6.45, 7) is 0. The first-order valence-electron chi connectivity index (χ1n) is 3.43. The molecule has 5 nitrogen and oxygen atoms in total. The van der Waals surface area contributed by atoms with E-state index in [1.807, 2.05) is 0 Å². The lowest BCUT2D eigenvalue weighted by Crippen LogP contribution is -1.97. The van der Waals surface area contributed by atoms with E-state index in [4.69, 9.17) is 22.3 Å². The Bertz CT molecular complexity index is 592. The van der Waals surface area contributed by atoms with Crippen molar-refractivity contribution in [3.8, 4) is 0 Å². The monoisotopic (exact) mass is 251 g/mol. The first-order valence-corrected chi connectivity index (χ1v) is 6.12. The van der Waals surface area contributed by atoms with Gasteiger partial charge in [-0.15, -0.1) is 0 Å². The minimum Gasteiger partial charge on any atom is -0.272 e. The number of rotatable bonds is 1. The number of halogens is 2. The molecule has 2 aromatic heterocycles. The van der Waals surface area contributed by atoms with Gasteiger partial charge in [-0.3, -0.25) is 4.40 Å². The predicted molar refractivity (Wildman–Crippen MR) is 51.0 cm³/mol. The van der Waals surface area contributed by atoms with Crippen LogP contribution in [0.2, 0.25) is 5.15 Å². The SMILES string of the molecule is O=S(=O)(Cl)c1c(Cl)nc2ncccn12. The maximum absolute atomic E-state index is 11.1. The van der Waals surface area contributed by atoms with E-state index in [9.17, 15) is 8.42 Å². The molecule has 8 heteroatoms. The van der Waals surface area contributed by atoms with E-state index in [1.54, 1.807) is 6.07 Å². The summed E-state index contributed by atoms with van der Waals surface area (Å²) in [4.78, 5) is 7.55. The van der Waals surface area contributed by atoms with E-state index in [-0.39, 0.29) is 16.0 Å². The van der Waals surface area contributed by atoms with Crippen molar-refractivity contribution in [2.75, 3.05) is 0 Å². The van der Waals surface area contributed by atoms with E-state index in [0.29, 0.717) is 0 Å². The second-order valence-corrected chi connectivity index (χ2v) is 5.27. The van der Waals surface area contributed by atoms with Crippen molar-refractivity contribution in [2.45, 2.75) is 5.03 Å². The fraction of sp³-hybridized carbons (Fsp3) is 0. The van der Waals surface area contributed by atoms with Crippen molar-refractivity contribution in [3.05, 3.63) is 23.6 Å². The summed E-state index contributed by atoms with van der Waals surface area (Å²) in [5, 5.41) is -0.442. The lowest BCUT2D eigenvalue weighted by Gasteiger charge is -1.95. The standard InChI is InChI=1S/C6H3Cl2N3O2S/c7-4-5(14(8,12)13)11-3-1-2-9-6(11)10-4/h1-3H. The van der Waals surface area contributed by atoms with Crippen molar-refractivity contribution in [2.24, 2.45) is 0 Å². The van der Waals surface area contributed by atoms with Crippen molar-refractivity contribution >= 4 is 37.1 Å². The smallest absolute Gasteiger partial charge is 0.272 e. The third-order valence-electron chi connectivity index (χ3n) is 1.55. The molecule has 0 radical (unpaired) electrons. The second-order valence-electron chi connectivity index (χ2n) is 2.44. The van der Waals surface area contributed by atoms with E-state index >= 15 is 0 Å². The fourth-order valence-corrected chi connectivity index (χ4v) is 2.71. The fourth-order valence-electron chi connectivity index (χ4n) is 1.06. The Hall–Kier alpha value is -0.850. The lowest BCUT2D eigenvalue weighted by atomic mass is 10.7. The van der Waals surface area contributed by atoms with Crippen LogP contribution in [0.4, 0.5) is 0 Å². The van der Waals surface area contributed by atoms with E-state index < -0.39 is 9.05 Å². The molecule has 2 heterocycles. The van der Waals surface area contributed by atoms with Gasteiger partial charge in [0.05, 0.1) is 0 Å². The molecule has 2 aromatic rings. The Kier molecular flexibility index (Phi) is 2.13. The number of hydrogen-bond acceptors (Lipinski definition) is 4. The van der Waals surface area contributed by atoms with Crippen molar-refractivity contribution in [3.63, 3.8) is 0 Å². The van der Waals surface area contributed by atoms with Gasteiger partial charge in [0.1, 0.15) is 0 Å². The van der Waals surface area contributed by atoms with Gasteiger partial charge in [-0.2, -0.15) is 4.98 Å². The van der Waals surface area contributed by atoms with Gasteiger partial charge in [0, 0.05) is 23.1 Å². The highest BCUT2D eigenvalue weighted by atomic mass is 35.7. The van der Waals surface area contributed by atoms with Gasteiger partial charge in [0.2, 0.25) is 5.78 Å². The normalized spacial score (nSPS) is 12.1. The molecule has 74 valence electrons. The van der Waals surface area contributed by atoms with Crippen molar-refractivity contribution in [1.82, 2.24) is 14.4 Å². The van der Waals surface area contributed by atoms with Gasteiger partial charge in [0.15, 0.2) is 10.2 Å². The zero-order chi connectivity index (χ0) is 10.3. The van der Waals surface area contributed by atoms with E-state index in [2.05, 4.69) is 9.97 Å². The average Bonchev–Trinajstić information content (AvgIpc) is 2.38. The summed E-state index contributed by atoms with van der Waals surface area (Å²) >= 11 is 5.62. The number of imidazole rings is 1. The molecule has 0 saturated carbocycles. The molecule has 0 atom stereocenters. The first kappa shape index (κ1) is 9.70. The molecule has 0 amide bonds. The number of fused-ring (bicyclic) bond motifs is 1. The molecule has 0 N–H and O–H groups in total. The molecular formula is C6H3Cl2N3O2S. The minimum atomic E-state index is -3.92. The van der Waals surface area contributed by atoms with Crippen LogP contribution >= 0.6 is 22.3 Å². The summed E-state index contributed by atoms with van der Waals surface area (Å²) in [7, 11) is 1.27. The zero-order valence-electron chi connectivity index (χ0n) is 6.55. The molecule has 0 aliphatic heterocycles. The van der Waals surface area contributed by atoms with Crippen LogP contribution in [-0.2, 0) is 9.05 Å². The van der Waals surface area contributed by atoms with Crippen LogP contribution in [-0.4, -0.2) is 22.8 Å². The van der Waals surface area contributed by atoms with Crippen molar-refractivity contribution < 1.29 is 8.42 Å². The molecular weight excluding hydrogens is 249 g/mol. The molecule has 0 saturated heterocycles. The van der Waals surface area contributed by atoms with Crippen LogP contribution in [0.5, 0.6) is 0 Å². The van der Waals surface area contributed by atoms with Crippen LogP contribution in [0, 0.1) is 0 Å². The lowest BCUT2D eigenvalue weighted by molar-refractivity contribution is 0.605.